The van der Waals surface area contributed by atoms with Crippen LogP contribution in [0.3, 0.4) is 0 Å². The van der Waals surface area contributed by atoms with E-state index < -0.39 is 0 Å². The lowest BCUT2D eigenvalue weighted by molar-refractivity contribution is -0.110. The average molecular weight is 310 g/mol. The molecule has 1 heterocycles. The quantitative estimate of drug-likeness (QED) is 0.724. The molecule has 0 amide bonds. The third kappa shape index (κ3) is 4.05. The molecule has 0 bridgehead atoms. The van der Waals surface area contributed by atoms with E-state index in [1.54, 1.807) is 21.3 Å². The molecule has 0 N–H and O–H groups in total. The van der Waals surface area contributed by atoms with Gasteiger partial charge < -0.3 is 23.7 Å². The first kappa shape index (κ1) is 16.9. The highest BCUT2D eigenvalue weighted by Gasteiger charge is 2.29. The Kier molecular flexibility index (Phi) is 5.53. The summed E-state index contributed by atoms with van der Waals surface area (Å²) < 4.78 is 27.6. The molecule has 5 nitrogen and oxygen atoms in total. The van der Waals surface area contributed by atoms with Gasteiger partial charge in [0, 0.05) is 38.3 Å². The molecule has 0 spiro atoms. The summed E-state index contributed by atoms with van der Waals surface area (Å²) in [4.78, 5) is 0. The molecular formula is C17H26O5. The number of methoxy groups -OCH3 is 3. The van der Waals surface area contributed by atoms with Crippen molar-refractivity contribution in [2.75, 3.05) is 27.9 Å². The molecule has 1 aliphatic rings. The second-order valence-electron chi connectivity index (χ2n) is 6.00. The van der Waals surface area contributed by atoms with Crippen molar-refractivity contribution in [3.05, 3.63) is 17.7 Å². The molecule has 0 aliphatic carbocycles. The van der Waals surface area contributed by atoms with E-state index in [1.807, 2.05) is 12.1 Å². The minimum Gasteiger partial charge on any atom is -0.496 e. The van der Waals surface area contributed by atoms with E-state index in [2.05, 4.69) is 13.8 Å². The number of fused-ring (bicyclic) bond motifs is 1. The van der Waals surface area contributed by atoms with Crippen LogP contribution in [0.1, 0.15) is 32.3 Å². The second-order valence-corrected chi connectivity index (χ2v) is 6.00. The van der Waals surface area contributed by atoms with Crippen LogP contribution in [0.5, 0.6) is 17.2 Å². The topological polar surface area (TPSA) is 46.2 Å². The van der Waals surface area contributed by atoms with E-state index in [0.29, 0.717) is 13.0 Å². The van der Waals surface area contributed by atoms with Crippen molar-refractivity contribution in [1.29, 1.82) is 0 Å². The number of ether oxygens (including phenoxy) is 5. The van der Waals surface area contributed by atoms with Gasteiger partial charge in [-0.2, -0.15) is 0 Å². The zero-order valence-corrected chi connectivity index (χ0v) is 14.1. The highest BCUT2D eigenvalue weighted by atomic mass is 16.7. The zero-order valence-electron chi connectivity index (χ0n) is 14.1. The van der Waals surface area contributed by atoms with Crippen molar-refractivity contribution in [1.82, 2.24) is 0 Å². The lowest BCUT2D eigenvalue weighted by Crippen LogP contribution is -2.32. The number of hydrogen-bond donors (Lipinski definition) is 0. The van der Waals surface area contributed by atoms with Crippen LogP contribution in [0.4, 0.5) is 0 Å². The van der Waals surface area contributed by atoms with Crippen LogP contribution >= 0.6 is 0 Å². The highest BCUT2D eigenvalue weighted by Crippen LogP contribution is 2.41. The molecule has 0 radical (unpaired) electrons. The Morgan fingerprint density at radius 2 is 1.91 bits per heavy atom. The molecule has 0 atom stereocenters. The molecule has 0 unspecified atom stereocenters. The molecular weight excluding hydrogens is 284 g/mol. The molecule has 1 aromatic rings. The van der Waals surface area contributed by atoms with E-state index in [9.17, 15) is 0 Å². The summed E-state index contributed by atoms with van der Waals surface area (Å²) in [6, 6.07) is 3.85. The van der Waals surface area contributed by atoms with Gasteiger partial charge in [0.05, 0.1) is 13.7 Å². The first-order valence-corrected chi connectivity index (χ1v) is 7.57. The Hall–Kier alpha value is -1.46. The fraction of sp³-hybridized carbons (Fsp3) is 0.647. The van der Waals surface area contributed by atoms with Crippen molar-refractivity contribution in [3.8, 4) is 17.2 Å². The van der Waals surface area contributed by atoms with Gasteiger partial charge in [0.2, 0.25) is 0 Å². The molecule has 0 saturated carbocycles. The van der Waals surface area contributed by atoms with Crippen LogP contribution in [-0.2, 0) is 15.9 Å². The summed E-state index contributed by atoms with van der Waals surface area (Å²) in [5, 5.41) is 0. The maximum atomic E-state index is 6.06. The first-order valence-electron chi connectivity index (χ1n) is 7.57. The fourth-order valence-electron chi connectivity index (χ4n) is 2.58. The smallest absolute Gasteiger partial charge is 0.160 e. The highest BCUT2D eigenvalue weighted by molar-refractivity contribution is 5.52. The summed E-state index contributed by atoms with van der Waals surface area (Å²) in [6.07, 6.45) is 2.31. The molecule has 124 valence electrons. The van der Waals surface area contributed by atoms with Gasteiger partial charge in [-0.25, -0.2) is 0 Å². The van der Waals surface area contributed by atoms with Gasteiger partial charge in [0.15, 0.2) is 6.29 Å². The SMILES string of the molecule is COc1cc(OCCC(OC)OC)cc2c1CCC(C)(C)O2. The average Bonchev–Trinajstić information content (AvgIpc) is 2.49. The van der Waals surface area contributed by atoms with Crippen LogP contribution < -0.4 is 14.2 Å². The fourth-order valence-corrected chi connectivity index (χ4v) is 2.58. The molecule has 1 aliphatic heterocycles. The van der Waals surface area contributed by atoms with Crippen molar-refractivity contribution in [2.24, 2.45) is 0 Å². The van der Waals surface area contributed by atoms with Crippen molar-refractivity contribution < 1.29 is 23.7 Å². The van der Waals surface area contributed by atoms with Crippen molar-refractivity contribution in [2.45, 2.75) is 45.0 Å². The Labute approximate surface area is 132 Å². The van der Waals surface area contributed by atoms with Crippen LogP contribution in [0.25, 0.3) is 0 Å². The van der Waals surface area contributed by atoms with E-state index in [-0.39, 0.29) is 11.9 Å². The van der Waals surface area contributed by atoms with Crippen LogP contribution in [0, 0.1) is 0 Å². The van der Waals surface area contributed by atoms with Gasteiger partial charge >= 0.3 is 0 Å². The minimum absolute atomic E-state index is 0.159. The maximum Gasteiger partial charge on any atom is 0.160 e. The molecule has 22 heavy (non-hydrogen) atoms. The van der Waals surface area contributed by atoms with E-state index >= 15 is 0 Å². The largest absolute Gasteiger partial charge is 0.496 e. The summed E-state index contributed by atoms with van der Waals surface area (Å²) >= 11 is 0. The molecule has 0 fully saturated rings. The number of rotatable bonds is 7. The maximum absolute atomic E-state index is 6.06. The van der Waals surface area contributed by atoms with Crippen LogP contribution in [0.15, 0.2) is 12.1 Å². The van der Waals surface area contributed by atoms with Gasteiger partial charge in [-0.3, -0.25) is 0 Å². The first-order chi connectivity index (χ1) is 10.5. The van der Waals surface area contributed by atoms with E-state index in [4.69, 9.17) is 23.7 Å². The zero-order chi connectivity index (χ0) is 16.2. The van der Waals surface area contributed by atoms with Crippen LogP contribution in [0.2, 0.25) is 0 Å². The normalized spacial score (nSPS) is 16.1. The third-order valence-electron chi connectivity index (χ3n) is 3.87. The lowest BCUT2D eigenvalue weighted by atomic mass is 9.93. The predicted molar refractivity (Wildman–Crippen MR) is 83.9 cm³/mol. The number of benzene rings is 1. The Morgan fingerprint density at radius 1 is 1.18 bits per heavy atom. The summed E-state index contributed by atoms with van der Waals surface area (Å²) in [7, 11) is 4.91. The molecule has 2 rings (SSSR count). The van der Waals surface area contributed by atoms with Gasteiger partial charge in [-0.15, -0.1) is 0 Å². The number of hydrogen-bond acceptors (Lipinski definition) is 5. The monoisotopic (exact) mass is 310 g/mol. The summed E-state index contributed by atoms with van der Waals surface area (Å²) in [5.41, 5.74) is 0.953. The summed E-state index contributed by atoms with van der Waals surface area (Å²) in [5.74, 6) is 2.40. The van der Waals surface area contributed by atoms with Crippen LogP contribution in [-0.4, -0.2) is 39.8 Å². The van der Waals surface area contributed by atoms with Crippen molar-refractivity contribution in [3.63, 3.8) is 0 Å². The second kappa shape index (κ2) is 7.20. The molecule has 0 saturated heterocycles. The van der Waals surface area contributed by atoms with Gasteiger partial charge in [-0.1, -0.05) is 0 Å². The van der Waals surface area contributed by atoms with Gasteiger partial charge in [0.1, 0.15) is 22.8 Å². The Balaban J connectivity index is 2.09. The standard InChI is InChI=1S/C17H26O5/c1-17(2)8-6-13-14(18-3)10-12(11-15(13)22-17)21-9-7-16(19-4)20-5/h10-11,16H,6-9H2,1-5H3. The van der Waals surface area contributed by atoms with Gasteiger partial charge in [0.25, 0.3) is 0 Å². The third-order valence-corrected chi connectivity index (χ3v) is 3.87. The molecule has 1 aromatic carbocycles. The molecule has 5 heteroatoms. The Morgan fingerprint density at radius 3 is 2.55 bits per heavy atom. The van der Waals surface area contributed by atoms with E-state index in [1.165, 1.54) is 0 Å². The minimum atomic E-state index is -0.255. The van der Waals surface area contributed by atoms with Crippen molar-refractivity contribution >= 4 is 0 Å². The Bertz CT molecular complexity index is 494. The summed E-state index contributed by atoms with van der Waals surface area (Å²) in [6.45, 7) is 4.69. The van der Waals surface area contributed by atoms with Gasteiger partial charge in [-0.05, 0) is 26.7 Å². The predicted octanol–water partition coefficient (Wildman–Crippen LogP) is 3.19. The lowest BCUT2D eigenvalue weighted by Gasteiger charge is -2.33. The van der Waals surface area contributed by atoms with E-state index in [0.717, 1.165) is 35.7 Å². The molecule has 0 aromatic heterocycles.